The molecule has 1 unspecified atom stereocenters. The minimum Gasteiger partial charge on any atom is -0.293 e. The molecule has 0 amide bonds. The summed E-state index contributed by atoms with van der Waals surface area (Å²) in [6.45, 7) is 0. The summed E-state index contributed by atoms with van der Waals surface area (Å²) in [4.78, 5) is 25.1. The van der Waals surface area contributed by atoms with E-state index in [4.69, 9.17) is 9.97 Å². The van der Waals surface area contributed by atoms with Gasteiger partial charge in [-0.1, -0.05) is 127 Å². The number of carbonyl (C=O) groups excluding carboxylic acids is 1. The Morgan fingerprint density at radius 3 is 2.07 bits per heavy atom. The predicted octanol–water partition coefficient (Wildman–Crippen LogP) is 9.39. The van der Waals surface area contributed by atoms with Crippen molar-refractivity contribution in [2.45, 2.75) is 5.92 Å². The first-order chi connectivity index (χ1) is 21.8. The number of nitrogens with zero attached hydrogens (tertiary/aromatic N) is 3. The minimum atomic E-state index is -0.380. The summed E-state index contributed by atoms with van der Waals surface area (Å²) in [5.41, 5.74) is 9.54. The van der Waals surface area contributed by atoms with Crippen LogP contribution in [0.3, 0.4) is 0 Å². The van der Waals surface area contributed by atoms with E-state index in [1.54, 1.807) is 0 Å². The molecule has 8 aromatic rings. The summed E-state index contributed by atoms with van der Waals surface area (Å²) in [7, 11) is 0. The van der Waals surface area contributed by atoms with E-state index < -0.39 is 0 Å². The summed E-state index contributed by atoms with van der Waals surface area (Å²) in [5, 5.41) is 2.95. The van der Waals surface area contributed by atoms with Crippen molar-refractivity contribution in [3.63, 3.8) is 0 Å². The average molecular weight is 564 g/mol. The molecule has 2 aromatic heterocycles. The smallest absolute Gasteiger partial charge is 0.235 e. The zero-order chi connectivity index (χ0) is 29.2. The lowest BCUT2D eigenvalue weighted by atomic mass is 9.74. The molecule has 44 heavy (non-hydrogen) atoms. The van der Waals surface area contributed by atoms with Crippen LogP contribution in [0.2, 0.25) is 0 Å². The molecule has 6 aromatic carbocycles. The average Bonchev–Trinajstić information content (AvgIpc) is 3.43. The van der Waals surface area contributed by atoms with Gasteiger partial charge in [-0.05, 0) is 40.5 Å². The maximum absolute atomic E-state index is 14.8. The minimum absolute atomic E-state index is 0.114. The molecule has 1 aliphatic carbocycles. The number of rotatable bonds is 3. The fraction of sp³-hybridized carbons (Fsp3) is 0.0250. The highest BCUT2D eigenvalue weighted by Crippen LogP contribution is 2.47. The van der Waals surface area contributed by atoms with Gasteiger partial charge in [-0.2, -0.15) is 0 Å². The monoisotopic (exact) mass is 563 g/mol. The van der Waals surface area contributed by atoms with E-state index >= 15 is 0 Å². The Morgan fingerprint density at radius 1 is 0.545 bits per heavy atom. The lowest BCUT2D eigenvalue weighted by Crippen LogP contribution is -2.21. The molecule has 1 atom stereocenters. The third-order valence-electron chi connectivity index (χ3n) is 8.88. The Bertz CT molecular complexity index is 2410. The Morgan fingerprint density at radius 2 is 1.23 bits per heavy atom. The number of carbonyl (C=O) groups is 1. The van der Waals surface area contributed by atoms with Crippen LogP contribution < -0.4 is 0 Å². The SMILES string of the molecule is O=C1c2c(ccc3c2c2ccccc2n3-c2nc(-c3ccccc3)c3ccccc3n2)-c2ccccc2C1c1ccccc1. The summed E-state index contributed by atoms with van der Waals surface area (Å²) in [6.07, 6.45) is 0. The van der Waals surface area contributed by atoms with Crippen molar-refractivity contribution in [3.8, 4) is 28.3 Å². The summed E-state index contributed by atoms with van der Waals surface area (Å²) in [5.74, 6) is 0.314. The van der Waals surface area contributed by atoms with Crippen molar-refractivity contribution < 1.29 is 4.79 Å². The molecule has 0 saturated carbocycles. The van der Waals surface area contributed by atoms with E-state index in [2.05, 4.69) is 77.4 Å². The number of ketones is 1. The van der Waals surface area contributed by atoms with Crippen LogP contribution in [-0.4, -0.2) is 20.3 Å². The van der Waals surface area contributed by atoms with Gasteiger partial charge < -0.3 is 0 Å². The van der Waals surface area contributed by atoms with Crippen LogP contribution in [0.15, 0.2) is 146 Å². The van der Waals surface area contributed by atoms with Gasteiger partial charge in [-0.3, -0.25) is 9.36 Å². The highest BCUT2D eigenvalue weighted by molar-refractivity contribution is 6.25. The van der Waals surface area contributed by atoms with Crippen LogP contribution in [0, 0.1) is 0 Å². The van der Waals surface area contributed by atoms with Crippen molar-refractivity contribution in [2.75, 3.05) is 0 Å². The van der Waals surface area contributed by atoms with Crippen LogP contribution in [0.25, 0.3) is 61.0 Å². The molecular weight excluding hydrogens is 538 g/mol. The van der Waals surface area contributed by atoms with Crippen molar-refractivity contribution in [2.24, 2.45) is 0 Å². The quantitative estimate of drug-likeness (QED) is 0.215. The van der Waals surface area contributed by atoms with Crippen molar-refractivity contribution >= 4 is 38.5 Å². The summed E-state index contributed by atoms with van der Waals surface area (Å²) >= 11 is 0. The Balaban J connectivity index is 1.38. The summed E-state index contributed by atoms with van der Waals surface area (Å²) < 4.78 is 2.12. The molecule has 0 aliphatic heterocycles. The molecule has 206 valence electrons. The van der Waals surface area contributed by atoms with Crippen LogP contribution >= 0.6 is 0 Å². The van der Waals surface area contributed by atoms with E-state index in [0.29, 0.717) is 5.95 Å². The standard InChI is InChI=1S/C40H25N3O/c44-39-35(25-13-3-1-4-14-25)28-18-8-7-17-27(28)29-23-24-34-36(37(29)39)31-20-10-12-22-33(31)43(34)40-41-32-21-11-9-19-30(32)38(42-40)26-15-5-2-6-16-26/h1-24,35H. The maximum atomic E-state index is 14.8. The first kappa shape index (κ1) is 24.7. The molecule has 0 fully saturated rings. The van der Waals surface area contributed by atoms with Crippen LogP contribution in [0.1, 0.15) is 27.4 Å². The Labute approximate surface area is 253 Å². The summed E-state index contributed by atoms with van der Waals surface area (Å²) in [6, 6.07) is 49.3. The molecule has 9 rings (SSSR count). The van der Waals surface area contributed by atoms with E-state index in [0.717, 1.165) is 71.8 Å². The maximum Gasteiger partial charge on any atom is 0.235 e. The molecule has 0 radical (unpaired) electrons. The third-order valence-corrected chi connectivity index (χ3v) is 8.88. The van der Waals surface area contributed by atoms with Crippen LogP contribution in [0.4, 0.5) is 0 Å². The Kier molecular flexibility index (Phi) is 5.38. The van der Waals surface area contributed by atoms with Crippen LogP contribution in [0.5, 0.6) is 0 Å². The van der Waals surface area contributed by atoms with Gasteiger partial charge in [-0.25, -0.2) is 9.97 Å². The molecule has 0 saturated heterocycles. The highest BCUT2D eigenvalue weighted by atomic mass is 16.1. The van der Waals surface area contributed by atoms with Gasteiger partial charge in [0.05, 0.1) is 28.2 Å². The third kappa shape index (κ3) is 3.55. The number of para-hydroxylation sites is 2. The zero-order valence-corrected chi connectivity index (χ0v) is 23.7. The lowest BCUT2D eigenvalue weighted by Gasteiger charge is -2.27. The second-order valence-corrected chi connectivity index (χ2v) is 11.3. The molecule has 0 N–H and O–H groups in total. The normalized spacial score (nSPS) is 14.2. The van der Waals surface area contributed by atoms with Gasteiger partial charge in [0.15, 0.2) is 5.78 Å². The van der Waals surface area contributed by atoms with E-state index in [1.807, 2.05) is 72.8 Å². The van der Waals surface area contributed by atoms with Gasteiger partial charge in [0.1, 0.15) is 0 Å². The number of Topliss-reactive ketones (excluding diaryl/α,β-unsaturated/α-hetero) is 1. The number of hydrogen-bond donors (Lipinski definition) is 0. The number of hydrogen-bond acceptors (Lipinski definition) is 3. The van der Waals surface area contributed by atoms with E-state index in [9.17, 15) is 4.79 Å². The van der Waals surface area contributed by atoms with Gasteiger partial charge in [0.25, 0.3) is 0 Å². The molecule has 0 bridgehead atoms. The molecule has 0 spiro atoms. The van der Waals surface area contributed by atoms with Gasteiger partial charge in [0, 0.05) is 27.3 Å². The van der Waals surface area contributed by atoms with Crippen LogP contribution in [-0.2, 0) is 0 Å². The van der Waals surface area contributed by atoms with Crippen molar-refractivity contribution in [3.05, 3.63) is 162 Å². The lowest BCUT2D eigenvalue weighted by molar-refractivity contribution is 0.0974. The first-order valence-electron chi connectivity index (χ1n) is 14.8. The van der Waals surface area contributed by atoms with E-state index in [1.165, 1.54) is 0 Å². The fourth-order valence-electron chi connectivity index (χ4n) is 6.99. The first-order valence-corrected chi connectivity index (χ1v) is 14.8. The number of aromatic nitrogens is 3. The highest BCUT2D eigenvalue weighted by Gasteiger charge is 2.35. The second-order valence-electron chi connectivity index (χ2n) is 11.3. The topological polar surface area (TPSA) is 47.8 Å². The Hall–Kier alpha value is -5.87. The molecule has 4 nitrogen and oxygen atoms in total. The molecular formula is C40H25N3O. The second kappa shape index (κ2) is 9.58. The molecule has 4 heteroatoms. The van der Waals surface area contributed by atoms with Gasteiger partial charge in [-0.15, -0.1) is 0 Å². The van der Waals surface area contributed by atoms with Crippen molar-refractivity contribution in [1.29, 1.82) is 0 Å². The van der Waals surface area contributed by atoms with Gasteiger partial charge in [0.2, 0.25) is 5.95 Å². The largest absolute Gasteiger partial charge is 0.293 e. The molecule has 2 heterocycles. The van der Waals surface area contributed by atoms with E-state index in [-0.39, 0.29) is 11.7 Å². The van der Waals surface area contributed by atoms with Crippen molar-refractivity contribution in [1.82, 2.24) is 14.5 Å². The zero-order valence-electron chi connectivity index (χ0n) is 23.7. The molecule has 1 aliphatic rings. The number of fused-ring (bicyclic) bond motifs is 8. The van der Waals surface area contributed by atoms with Gasteiger partial charge >= 0.3 is 0 Å². The number of benzene rings is 6. The predicted molar refractivity (Wildman–Crippen MR) is 177 cm³/mol. The fourth-order valence-corrected chi connectivity index (χ4v) is 6.99.